The number of rotatable bonds is 3. The Labute approximate surface area is 78.6 Å². The zero-order valence-electron chi connectivity index (χ0n) is 7.33. The second kappa shape index (κ2) is 3.65. The van der Waals surface area contributed by atoms with Gasteiger partial charge in [0.15, 0.2) is 0 Å². The first-order valence-electron chi connectivity index (χ1n) is 3.89. The van der Waals surface area contributed by atoms with Crippen LogP contribution in [0.15, 0.2) is 12.4 Å². The number of hydrogen-bond acceptors (Lipinski definition) is 4. The van der Waals surface area contributed by atoms with Crippen LogP contribution in [0.2, 0.25) is 0 Å². The van der Waals surface area contributed by atoms with Crippen molar-refractivity contribution in [2.45, 2.75) is 19.3 Å². The van der Waals surface area contributed by atoms with Crippen molar-refractivity contribution >= 4 is 5.97 Å². The standard InChI is InChI=1S/C8H8F2N2O2/c1-2-5-3-11-6(12-4-5)8(9,10)7(13)14/h3-4H,2H2,1H3,(H,13,14)/p-1. The van der Waals surface area contributed by atoms with E-state index in [9.17, 15) is 18.7 Å². The molecule has 0 unspecified atom stereocenters. The SMILES string of the molecule is CCc1cnc(C(F)(F)C(=O)[O-])nc1. The molecule has 14 heavy (non-hydrogen) atoms. The molecule has 1 aromatic rings. The number of carbonyl (C=O) groups is 1. The van der Waals surface area contributed by atoms with E-state index in [1.165, 1.54) is 12.4 Å². The third kappa shape index (κ3) is 1.84. The average molecular weight is 201 g/mol. The second-order valence-electron chi connectivity index (χ2n) is 2.63. The number of carboxylic acid groups (broad SMARTS) is 1. The van der Waals surface area contributed by atoms with Gasteiger partial charge < -0.3 is 9.90 Å². The highest BCUT2D eigenvalue weighted by Gasteiger charge is 2.36. The van der Waals surface area contributed by atoms with E-state index in [1.54, 1.807) is 6.92 Å². The van der Waals surface area contributed by atoms with Gasteiger partial charge >= 0.3 is 5.92 Å². The maximum atomic E-state index is 12.7. The second-order valence-corrected chi connectivity index (χ2v) is 2.63. The van der Waals surface area contributed by atoms with Crippen LogP contribution in [0.25, 0.3) is 0 Å². The largest absolute Gasteiger partial charge is 0.544 e. The van der Waals surface area contributed by atoms with Crippen LogP contribution >= 0.6 is 0 Å². The van der Waals surface area contributed by atoms with E-state index in [4.69, 9.17) is 0 Å². The van der Waals surface area contributed by atoms with Crippen molar-refractivity contribution in [1.29, 1.82) is 0 Å². The van der Waals surface area contributed by atoms with Gasteiger partial charge in [-0.3, -0.25) is 0 Å². The van der Waals surface area contributed by atoms with Gasteiger partial charge in [0.25, 0.3) is 0 Å². The van der Waals surface area contributed by atoms with E-state index < -0.39 is 17.7 Å². The molecule has 6 heteroatoms. The number of halogens is 2. The van der Waals surface area contributed by atoms with Crippen LogP contribution in [0.4, 0.5) is 8.78 Å². The summed E-state index contributed by atoms with van der Waals surface area (Å²) >= 11 is 0. The third-order valence-electron chi connectivity index (χ3n) is 1.65. The zero-order chi connectivity index (χ0) is 10.8. The molecule has 0 N–H and O–H groups in total. The molecule has 0 aliphatic rings. The molecule has 0 atom stereocenters. The minimum Gasteiger partial charge on any atom is -0.544 e. The van der Waals surface area contributed by atoms with Crippen LogP contribution in [0.5, 0.6) is 0 Å². The van der Waals surface area contributed by atoms with Gasteiger partial charge in [-0.15, -0.1) is 0 Å². The van der Waals surface area contributed by atoms with Crippen LogP contribution < -0.4 is 5.11 Å². The summed E-state index contributed by atoms with van der Waals surface area (Å²) in [5, 5.41) is 10.0. The Morgan fingerprint density at radius 3 is 2.36 bits per heavy atom. The molecule has 0 radical (unpaired) electrons. The normalized spacial score (nSPS) is 11.4. The van der Waals surface area contributed by atoms with Crippen molar-refractivity contribution in [1.82, 2.24) is 9.97 Å². The third-order valence-corrected chi connectivity index (χ3v) is 1.65. The first-order chi connectivity index (χ1) is 6.48. The summed E-state index contributed by atoms with van der Waals surface area (Å²) < 4.78 is 25.5. The van der Waals surface area contributed by atoms with Crippen molar-refractivity contribution in [3.63, 3.8) is 0 Å². The fourth-order valence-electron chi connectivity index (χ4n) is 0.791. The van der Waals surface area contributed by atoms with E-state index in [0.29, 0.717) is 12.0 Å². The van der Waals surface area contributed by atoms with Crippen molar-refractivity contribution < 1.29 is 18.7 Å². The summed E-state index contributed by atoms with van der Waals surface area (Å²) in [6.45, 7) is 1.80. The molecule has 1 heterocycles. The fraction of sp³-hybridized carbons (Fsp3) is 0.375. The zero-order valence-corrected chi connectivity index (χ0v) is 7.33. The lowest BCUT2D eigenvalue weighted by molar-refractivity contribution is -0.331. The van der Waals surface area contributed by atoms with Crippen molar-refractivity contribution in [3.05, 3.63) is 23.8 Å². The molecule has 0 spiro atoms. The van der Waals surface area contributed by atoms with Crippen molar-refractivity contribution in [2.24, 2.45) is 0 Å². The van der Waals surface area contributed by atoms with Crippen LogP contribution in [-0.4, -0.2) is 15.9 Å². The molecule has 0 fully saturated rings. The number of nitrogens with zero attached hydrogens (tertiary/aromatic N) is 2. The lowest BCUT2D eigenvalue weighted by Gasteiger charge is -2.14. The number of carbonyl (C=O) groups excluding carboxylic acids is 1. The van der Waals surface area contributed by atoms with Crippen LogP contribution in [0.1, 0.15) is 18.3 Å². The van der Waals surface area contributed by atoms with Gasteiger partial charge in [-0.1, -0.05) is 6.92 Å². The molecule has 1 rings (SSSR count). The van der Waals surface area contributed by atoms with E-state index in [2.05, 4.69) is 9.97 Å². The highest BCUT2D eigenvalue weighted by atomic mass is 19.3. The summed E-state index contributed by atoms with van der Waals surface area (Å²) in [6.07, 6.45) is 2.93. The lowest BCUT2D eigenvalue weighted by Crippen LogP contribution is -2.40. The van der Waals surface area contributed by atoms with Crippen molar-refractivity contribution in [3.8, 4) is 0 Å². The molecule has 0 saturated heterocycles. The Morgan fingerprint density at radius 2 is 2.00 bits per heavy atom. The quantitative estimate of drug-likeness (QED) is 0.683. The minimum absolute atomic E-state index is 0.594. The Balaban J connectivity index is 3.02. The van der Waals surface area contributed by atoms with Crippen LogP contribution in [0.3, 0.4) is 0 Å². The summed E-state index contributed by atoms with van der Waals surface area (Å²) in [7, 11) is 0. The van der Waals surface area contributed by atoms with Gasteiger partial charge in [-0.2, -0.15) is 8.78 Å². The van der Waals surface area contributed by atoms with Gasteiger partial charge in [-0.25, -0.2) is 9.97 Å². The molecular weight excluding hydrogens is 194 g/mol. The molecule has 76 valence electrons. The molecule has 4 nitrogen and oxygen atoms in total. The maximum absolute atomic E-state index is 12.7. The van der Waals surface area contributed by atoms with Gasteiger partial charge in [0, 0.05) is 12.4 Å². The molecular formula is C8H7F2N2O2-. The van der Waals surface area contributed by atoms with Gasteiger partial charge in [0.2, 0.25) is 5.82 Å². The number of carboxylic acids is 1. The monoisotopic (exact) mass is 201 g/mol. The molecule has 0 amide bonds. The first-order valence-corrected chi connectivity index (χ1v) is 3.89. The summed E-state index contributed by atoms with van der Waals surface area (Å²) in [5.41, 5.74) is 0.655. The number of hydrogen-bond donors (Lipinski definition) is 0. The predicted octanol–water partition coefficient (Wildman–Crippen LogP) is -0.119. The molecule has 0 saturated carbocycles. The molecule has 0 aliphatic carbocycles. The Bertz CT molecular complexity index is 338. The van der Waals surface area contributed by atoms with Crippen LogP contribution in [-0.2, 0) is 17.1 Å². The minimum atomic E-state index is -4.13. The average Bonchev–Trinajstić information content (AvgIpc) is 2.17. The number of aromatic nitrogens is 2. The summed E-state index contributed by atoms with van der Waals surface area (Å²) in [5.74, 6) is -7.68. The van der Waals surface area contributed by atoms with E-state index in [1.807, 2.05) is 0 Å². The fourth-order valence-corrected chi connectivity index (χ4v) is 0.791. The summed E-state index contributed by atoms with van der Waals surface area (Å²) in [4.78, 5) is 16.6. The number of aliphatic carboxylic acids is 1. The topological polar surface area (TPSA) is 65.9 Å². The number of aryl methyl sites for hydroxylation is 1. The maximum Gasteiger partial charge on any atom is 0.345 e. The lowest BCUT2D eigenvalue weighted by atomic mass is 10.2. The van der Waals surface area contributed by atoms with Gasteiger partial charge in [0.05, 0.1) is 0 Å². The Kier molecular flexibility index (Phi) is 2.73. The smallest absolute Gasteiger partial charge is 0.345 e. The molecule has 0 bridgehead atoms. The van der Waals surface area contributed by atoms with E-state index >= 15 is 0 Å². The van der Waals surface area contributed by atoms with Gasteiger partial charge in [-0.05, 0) is 12.0 Å². The van der Waals surface area contributed by atoms with E-state index in [0.717, 1.165) is 0 Å². The Hall–Kier alpha value is -1.59. The number of alkyl halides is 2. The van der Waals surface area contributed by atoms with Crippen molar-refractivity contribution in [2.75, 3.05) is 0 Å². The first kappa shape index (κ1) is 10.5. The highest BCUT2D eigenvalue weighted by Crippen LogP contribution is 2.23. The molecule has 1 aromatic heterocycles. The predicted molar refractivity (Wildman–Crippen MR) is 40.3 cm³/mol. The molecule has 0 aromatic carbocycles. The van der Waals surface area contributed by atoms with E-state index in [-0.39, 0.29) is 0 Å². The summed E-state index contributed by atoms with van der Waals surface area (Å²) in [6, 6.07) is 0. The van der Waals surface area contributed by atoms with Gasteiger partial charge in [0.1, 0.15) is 5.97 Å². The Morgan fingerprint density at radius 1 is 1.50 bits per heavy atom. The van der Waals surface area contributed by atoms with Crippen LogP contribution in [0, 0.1) is 0 Å². The highest BCUT2D eigenvalue weighted by molar-refractivity contribution is 5.73. The molecule has 0 aliphatic heterocycles.